The molecule has 0 saturated carbocycles. The van der Waals surface area contributed by atoms with E-state index in [1.54, 1.807) is 24.1 Å². The second-order valence-electron chi connectivity index (χ2n) is 5.74. The normalized spacial score (nSPS) is 19.4. The van der Waals surface area contributed by atoms with Crippen LogP contribution in [-0.4, -0.2) is 43.7 Å². The summed E-state index contributed by atoms with van der Waals surface area (Å²) in [6, 6.07) is 7.28. The van der Waals surface area contributed by atoms with Gasteiger partial charge in [-0.3, -0.25) is 9.69 Å². The van der Waals surface area contributed by atoms with Gasteiger partial charge in [0.1, 0.15) is 5.75 Å². The largest absolute Gasteiger partial charge is 0.497 e. The first-order valence-corrected chi connectivity index (χ1v) is 7.57. The van der Waals surface area contributed by atoms with Gasteiger partial charge in [-0.05, 0) is 37.1 Å². The Morgan fingerprint density at radius 3 is 2.91 bits per heavy atom. The number of benzene rings is 1. The maximum Gasteiger partial charge on any atom is 0.393 e. The molecule has 1 aliphatic heterocycles. The molecule has 1 aromatic rings. The topological polar surface area (TPSA) is 41.6 Å². The Labute approximate surface area is 133 Å². The number of nitrogens with zero attached hydrogens (tertiary/aromatic N) is 1. The zero-order valence-corrected chi connectivity index (χ0v) is 13.0. The van der Waals surface area contributed by atoms with Crippen LogP contribution in [0.15, 0.2) is 24.3 Å². The van der Waals surface area contributed by atoms with Gasteiger partial charge in [-0.15, -0.1) is 0 Å². The lowest BCUT2D eigenvalue weighted by Crippen LogP contribution is -2.45. The zero-order valence-electron chi connectivity index (χ0n) is 13.0. The molecule has 2 rings (SSSR count). The number of piperidine rings is 1. The van der Waals surface area contributed by atoms with Crippen LogP contribution >= 0.6 is 0 Å². The minimum absolute atomic E-state index is 0.00342. The summed E-state index contributed by atoms with van der Waals surface area (Å²) < 4.78 is 43.4. The summed E-state index contributed by atoms with van der Waals surface area (Å²) in [5.74, 6) is -0.904. The Morgan fingerprint density at radius 1 is 1.43 bits per heavy atom. The quantitative estimate of drug-likeness (QED) is 0.902. The van der Waals surface area contributed by atoms with E-state index in [-0.39, 0.29) is 25.4 Å². The van der Waals surface area contributed by atoms with Gasteiger partial charge in [-0.1, -0.05) is 12.1 Å². The monoisotopic (exact) mass is 330 g/mol. The van der Waals surface area contributed by atoms with Gasteiger partial charge in [0.25, 0.3) is 0 Å². The molecule has 1 fully saturated rings. The molecule has 0 bridgehead atoms. The molecule has 1 aliphatic rings. The summed E-state index contributed by atoms with van der Waals surface area (Å²) >= 11 is 0. The Bertz CT molecular complexity index is 534. The maximum atomic E-state index is 12.8. The van der Waals surface area contributed by atoms with Crippen LogP contribution in [0.25, 0.3) is 0 Å². The molecular weight excluding hydrogens is 309 g/mol. The summed E-state index contributed by atoms with van der Waals surface area (Å²) in [6.45, 7) is 0.748. The third kappa shape index (κ3) is 5.42. The molecule has 0 aromatic heterocycles. The minimum atomic E-state index is -4.18. The van der Waals surface area contributed by atoms with Gasteiger partial charge in [-0.2, -0.15) is 13.2 Å². The van der Waals surface area contributed by atoms with E-state index in [9.17, 15) is 18.0 Å². The molecule has 1 saturated heterocycles. The fraction of sp³-hybridized carbons (Fsp3) is 0.562. The number of methoxy groups -OCH3 is 1. The number of likely N-dealkylation sites (tertiary alicyclic amines) is 1. The molecule has 0 spiro atoms. The first-order chi connectivity index (χ1) is 10.9. The average molecular weight is 330 g/mol. The van der Waals surface area contributed by atoms with Crippen LogP contribution in [0.1, 0.15) is 18.4 Å². The highest BCUT2D eigenvalue weighted by Gasteiger charge is 2.41. The molecule has 1 unspecified atom stereocenters. The smallest absolute Gasteiger partial charge is 0.393 e. The summed E-state index contributed by atoms with van der Waals surface area (Å²) in [7, 11) is 1.56. The molecule has 1 atom stereocenters. The average Bonchev–Trinajstić information content (AvgIpc) is 2.52. The number of amides is 1. The lowest BCUT2D eigenvalue weighted by molar-refractivity contribution is -0.187. The van der Waals surface area contributed by atoms with E-state index in [2.05, 4.69) is 5.32 Å². The number of alkyl halides is 3. The molecule has 1 heterocycles. The van der Waals surface area contributed by atoms with E-state index in [0.29, 0.717) is 25.3 Å². The van der Waals surface area contributed by atoms with Crippen LogP contribution in [0.5, 0.6) is 5.75 Å². The van der Waals surface area contributed by atoms with E-state index in [1.807, 2.05) is 12.1 Å². The summed E-state index contributed by atoms with van der Waals surface area (Å²) in [5.41, 5.74) is 0.879. The number of ether oxygens (including phenoxy) is 1. The molecule has 4 nitrogen and oxygen atoms in total. The number of halogens is 3. The molecular formula is C16H21F3N2O2. The van der Waals surface area contributed by atoms with Crippen LogP contribution < -0.4 is 10.1 Å². The Hall–Kier alpha value is -1.76. The van der Waals surface area contributed by atoms with Crippen molar-refractivity contribution in [3.8, 4) is 5.75 Å². The first kappa shape index (κ1) is 17.6. The molecule has 23 heavy (non-hydrogen) atoms. The van der Waals surface area contributed by atoms with Gasteiger partial charge >= 0.3 is 6.18 Å². The van der Waals surface area contributed by atoms with E-state index in [0.717, 1.165) is 5.56 Å². The van der Waals surface area contributed by atoms with Crippen molar-refractivity contribution in [2.24, 2.45) is 5.92 Å². The van der Waals surface area contributed by atoms with Gasteiger partial charge < -0.3 is 10.1 Å². The summed E-state index contributed by atoms with van der Waals surface area (Å²) in [4.78, 5) is 13.5. The molecule has 0 radical (unpaired) electrons. The zero-order chi connectivity index (χ0) is 16.9. The van der Waals surface area contributed by atoms with Crippen LogP contribution in [-0.2, 0) is 11.3 Å². The highest BCUT2D eigenvalue weighted by atomic mass is 19.4. The van der Waals surface area contributed by atoms with Crippen LogP contribution in [0.3, 0.4) is 0 Å². The number of nitrogens with one attached hydrogen (secondary N) is 1. The fourth-order valence-corrected chi connectivity index (χ4v) is 2.71. The second kappa shape index (κ2) is 7.68. The van der Waals surface area contributed by atoms with E-state index >= 15 is 0 Å². The van der Waals surface area contributed by atoms with Crippen molar-refractivity contribution in [2.45, 2.75) is 25.6 Å². The molecule has 1 N–H and O–H groups in total. The Balaban J connectivity index is 1.80. The highest BCUT2D eigenvalue weighted by molar-refractivity contribution is 5.78. The third-order valence-electron chi connectivity index (χ3n) is 3.96. The molecule has 128 valence electrons. The van der Waals surface area contributed by atoms with Gasteiger partial charge in [0, 0.05) is 13.1 Å². The lowest BCUT2D eigenvalue weighted by Gasteiger charge is -2.33. The van der Waals surface area contributed by atoms with Crippen molar-refractivity contribution in [1.82, 2.24) is 10.2 Å². The number of hydrogen-bond donors (Lipinski definition) is 1. The predicted molar refractivity (Wildman–Crippen MR) is 80.1 cm³/mol. The van der Waals surface area contributed by atoms with E-state index in [4.69, 9.17) is 4.74 Å². The van der Waals surface area contributed by atoms with Crippen LogP contribution in [0, 0.1) is 5.92 Å². The molecule has 1 amide bonds. The van der Waals surface area contributed by atoms with Crippen molar-refractivity contribution in [1.29, 1.82) is 0 Å². The fourth-order valence-electron chi connectivity index (χ4n) is 2.71. The van der Waals surface area contributed by atoms with Crippen LogP contribution in [0.4, 0.5) is 13.2 Å². The van der Waals surface area contributed by atoms with Crippen molar-refractivity contribution < 1.29 is 22.7 Å². The summed E-state index contributed by atoms with van der Waals surface area (Å²) in [6.07, 6.45) is -3.57. The van der Waals surface area contributed by atoms with Gasteiger partial charge in [0.2, 0.25) is 5.91 Å². The van der Waals surface area contributed by atoms with Crippen LogP contribution in [0.2, 0.25) is 0 Å². The minimum Gasteiger partial charge on any atom is -0.497 e. The Kier molecular flexibility index (Phi) is 5.87. The van der Waals surface area contributed by atoms with Crippen molar-refractivity contribution in [3.05, 3.63) is 29.8 Å². The van der Waals surface area contributed by atoms with Gasteiger partial charge in [0.05, 0.1) is 19.6 Å². The molecule has 7 heteroatoms. The Morgan fingerprint density at radius 2 is 2.22 bits per heavy atom. The molecule has 1 aromatic carbocycles. The predicted octanol–water partition coefficient (Wildman–Crippen LogP) is 2.59. The molecule has 0 aliphatic carbocycles. The van der Waals surface area contributed by atoms with Gasteiger partial charge in [0.15, 0.2) is 0 Å². The number of rotatable bonds is 5. The van der Waals surface area contributed by atoms with Crippen molar-refractivity contribution >= 4 is 5.91 Å². The number of carbonyl (C=O) groups excluding carboxylic acids is 1. The number of carbonyl (C=O) groups is 1. The van der Waals surface area contributed by atoms with Crippen molar-refractivity contribution in [3.63, 3.8) is 0 Å². The standard InChI is InChI=1S/C16H21F3N2O2/c1-23-14-6-2-4-12(8-14)9-20-15(22)11-21-7-3-5-13(10-21)16(17,18)19/h2,4,6,8,13H,3,5,7,9-11H2,1H3,(H,20,22). The second-order valence-corrected chi connectivity index (χ2v) is 5.74. The van der Waals surface area contributed by atoms with E-state index in [1.165, 1.54) is 0 Å². The maximum absolute atomic E-state index is 12.8. The highest BCUT2D eigenvalue weighted by Crippen LogP contribution is 2.32. The third-order valence-corrected chi connectivity index (χ3v) is 3.96. The number of hydrogen-bond acceptors (Lipinski definition) is 3. The first-order valence-electron chi connectivity index (χ1n) is 7.57. The summed E-state index contributed by atoms with van der Waals surface area (Å²) in [5, 5.41) is 2.73. The SMILES string of the molecule is COc1cccc(CNC(=O)CN2CCCC(C(F)(F)F)C2)c1. The lowest BCUT2D eigenvalue weighted by atomic mass is 9.97. The van der Waals surface area contributed by atoms with Gasteiger partial charge in [-0.25, -0.2) is 0 Å². The van der Waals surface area contributed by atoms with Crippen molar-refractivity contribution in [2.75, 3.05) is 26.7 Å². The van der Waals surface area contributed by atoms with E-state index < -0.39 is 12.1 Å².